The SMILES string of the molecule is N=NCCCCN1CCCC1=O. The summed E-state index contributed by atoms with van der Waals surface area (Å²) in [6, 6.07) is 0. The first-order valence-corrected chi connectivity index (χ1v) is 4.45. The highest BCUT2D eigenvalue weighted by molar-refractivity contribution is 5.77. The molecule has 0 aliphatic carbocycles. The summed E-state index contributed by atoms with van der Waals surface area (Å²) in [5.41, 5.74) is 6.57. The van der Waals surface area contributed by atoms with E-state index in [4.69, 9.17) is 5.53 Å². The van der Waals surface area contributed by atoms with Gasteiger partial charge < -0.3 is 4.90 Å². The van der Waals surface area contributed by atoms with Crippen LogP contribution in [-0.4, -0.2) is 30.4 Å². The zero-order valence-corrected chi connectivity index (χ0v) is 7.25. The van der Waals surface area contributed by atoms with E-state index in [1.54, 1.807) is 0 Å². The van der Waals surface area contributed by atoms with Gasteiger partial charge in [0.15, 0.2) is 0 Å². The van der Waals surface area contributed by atoms with Gasteiger partial charge in [0.05, 0.1) is 6.54 Å². The minimum absolute atomic E-state index is 0.290. The molecular formula is C8H15N3O. The van der Waals surface area contributed by atoms with Crippen LogP contribution < -0.4 is 0 Å². The maximum absolute atomic E-state index is 11.1. The first-order chi connectivity index (χ1) is 5.84. The summed E-state index contributed by atoms with van der Waals surface area (Å²) in [7, 11) is 0. The number of rotatable bonds is 5. The second-order valence-electron chi connectivity index (χ2n) is 3.07. The number of amides is 1. The standard InChI is InChI=1S/C8H15N3O/c9-10-5-1-2-6-11-7-3-4-8(11)12/h9H,1-7H2. The third-order valence-electron chi connectivity index (χ3n) is 2.12. The Bertz CT molecular complexity index is 170. The van der Waals surface area contributed by atoms with Crippen molar-refractivity contribution >= 4 is 5.91 Å². The minimum Gasteiger partial charge on any atom is -0.343 e. The van der Waals surface area contributed by atoms with E-state index < -0.39 is 0 Å². The van der Waals surface area contributed by atoms with E-state index in [-0.39, 0.29) is 5.91 Å². The predicted molar refractivity (Wildman–Crippen MR) is 45.1 cm³/mol. The van der Waals surface area contributed by atoms with Crippen molar-refractivity contribution in [3.63, 3.8) is 0 Å². The van der Waals surface area contributed by atoms with Gasteiger partial charge in [0.2, 0.25) is 5.91 Å². The molecule has 0 aromatic rings. The number of unbranched alkanes of at least 4 members (excludes halogenated alkanes) is 1. The smallest absolute Gasteiger partial charge is 0.222 e. The molecule has 0 unspecified atom stereocenters. The summed E-state index contributed by atoms with van der Waals surface area (Å²) in [4.78, 5) is 13.0. The zero-order valence-electron chi connectivity index (χ0n) is 7.25. The van der Waals surface area contributed by atoms with Gasteiger partial charge in [0.1, 0.15) is 0 Å². The average molecular weight is 169 g/mol. The van der Waals surface area contributed by atoms with Crippen LogP contribution in [0.2, 0.25) is 0 Å². The van der Waals surface area contributed by atoms with Crippen LogP contribution in [0, 0.1) is 5.53 Å². The number of carbonyl (C=O) groups excluding carboxylic acids is 1. The van der Waals surface area contributed by atoms with Gasteiger partial charge in [-0.25, -0.2) is 5.53 Å². The Morgan fingerprint density at radius 3 is 2.92 bits per heavy atom. The number of nitrogens with one attached hydrogen (secondary N) is 1. The van der Waals surface area contributed by atoms with Crippen molar-refractivity contribution in [1.82, 2.24) is 4.90 Å². The van der Waals surface area contributed by atoms with Crippen LogP contribution in [0.3, 0.4) is 0 Å². The molecule has 4 heteroatoms. The summed E-state index contributed by atoms with van der Waals surface area (Å²) in [5.74, 6) is 0.290. The van der Waals surface area contributed by atoms with E-state index in [0.717, 1.165) is 38.8 Å². The van der Waals surface area contributed by atoms with Gasteiger partial charge in [-0.15, -0.1) is 0 Å². The van der Waals surface area contributed by atoms with Crippen molar-refractivity contribution in [3.8, 4) is 0 Å². The third-order valence-corrected chi connectivity index (χ3v) is 2.12. The van der Waals surface area contributed by atoms with Crippen LogP contribution in [0.1, 0.15) is 25.7 Å². The van der Waals surface area contributed by atoms with Crippen molar-refractivity contribution in [2.75, 3.05) is 19.6 Å². The van der Waals surface area contributed by atoms with Gasteiger partial charge in [0, 0.05) is 19.5 Å². The zero-order chi connectivity index (χ0) is 8.81. The summed E-state index contributed by atoms with van der Waals surface area (Å²) in [6.45, 7) is 2.38. The summed E-state index contributed by atoms with van der Waals surface area (Å²) in [6.07, 6.45) is 3.64. The Morgan fingerprint density at radius 1 is 1.50 bits per heavy atom. The molecule has 0 spiro atoms. The van der Waals surface area contributed by atoms with Crippen LogP contribution in [0.15, 0.2) is 5.11 Å². The fourth-order valence-corrected chi connectivity index (χ4v) is 1.43. The van der Waals surface area contributed by atoms with Gasteiger partial charge >= 0.3 is 0 Å². The predicted octanol–water partition coefficient (Wildman–Crippen LogP) is 1.42. The van der Waals surface area contributed by atoms with E-state index in [1.165, 1.54) is 0 Å². The second kappa shape index (κ2) is 4.85. The number of nitrogens with zero attached hydrogens (tertiary/aromatic N) is 2. The van der Waals surface area contributed by atoms with Gasteiger partial charge in [-0.2, -0.15) is 5.11 Å². The van der Waals surface area contributed by atoms with Crippen LogP contribution in [0.25, 0.3) is 0 Å². The highest BCUT2D eigenvalue weighted by atomic mass is 16.2. The van der Waals surface area contributed by atoms with Crippen LogP contribution >= 0.6 is 0 Å². The third kappa shape index (κ3) is 2.60. The molecule has 0 saturated carbocycles. The molecule has 0 bridgehead atoms. The largest absolute Gasteiger partial charge is 0.343 e. The Kier molecular flexibility index (Phi) is 3.70. The molecular weight excluding hydrogens is 154 g/mol. The lowest BCUT2D eigenvalue weighted by atomic mass is 10.3. The van der Waals surface area contributed by atoms with Crippen LogP contribution in [0.4, 0.5) is 0 Å². The lowest BCUT2D eigenvalue weighted by molar-refractivity contribution is -0.127. The fraction of sp³-hybridized carbons (Fsp3) is 0.875. The molecule has 0 aromatic heterocycles. The van der Waals surface area contributed by atoms with E-state index in [2.05, 4.69) is 5.11 Å². The maximum Gasteiger partial charge on any atom is 0.222 e. The molecule has 1 fully saturated rings. The van der Waals surface area contributed by atoms with Crippen molar-refractivity contribution < 1.29 is 4.79 Å². The molecule has 1 rings (SSSR count). The first-order valence-electron chi connectivity index (χ1n) is 4.45. The summed E-state index contributed by atoms with van der Waals surface area (Å²) in [5, 5.41) is 3.27. The van der Waals surface area contributed by atoms with E-state index in [0.29, 0.717) is 6.54 Å². The monoisotopic (exact) mass is 169 g/mol. The summed E-state index contributed by atoms with van der Waals surface area (Å²) < 4.78 is 0. The molecule has 1 amide bonds. The lowest BCUT2D eigenvalue weighted by Gasteiger charge is -2.14. The van der Waals surface area contributed by atoms with Gasteiger partial charge in [-0.1, -0.05) is 0 Å². The van der Waals surface area contributed by atoms with E-state index >= 15 is 0 Å². The molecule has 1 heterocycles. The molecule has 1 N–H and O–H groups in total. The van der Waals surface area contributed by atoms with Crippen molar-refractivity contribution in [2.45, 2.75) is 25.7 Å². The van der Waals surface area contributed by atoms with Crippen LogP contribution in [-0.2, 0) is 4.79 Å². The molecule has 1 aliphatic rings. The quantitative estimate of drug-likeness (QED) is 0.491. The van der Waals surface area contributed by atoms with Gasteiger partial charge in [-0.05, 0) is 19.3 Å². The Hall–Kier alpha value is -0.930. The molecule has 68 valence electrons. The summed E-state index contributed by atoms with van der Waals surface area (Å²) >= 11 is 0. The number of hydrogen-bond acceptors (Lipinski definition) is 3. The fourth-order valence-electron chi connectivity index (χ4n) is 1.43. The molecule has 0 aromatic carbocycles. The van der Waals surface area contributed by atoms with Crippen molar-refractivity contribution in [1.29, 1.82) is 5.53 Å². The van der Waals surface area contributed by atoms with Crippen molar-refractivity contribution in [2.24, 2.45) is 5.11 Å². The Balaban J connectivity index is 2.06. The molecule has 0 radical (unpaired) electrons. The van der Waals surface area contributed by atoms with E-state index in [9.17, 15) is 4.79 Å². The van der Waals surface area contributed by atoms with Crippen LogP contribution in [0.5, 0.6) is 0 Å². The normalized spacial score (nSPS) is 17.0. The topological polar surface area (TPSA) is 56.5 Å². The second-order valence-corrected chi connectivity index (χ2v) is 3.07. The molecule has 1 aliphatic heterocycles. The van der Waals surface area contributed by atoms with Gasteiger partial charge in [0.25, 0.3) is 0 Å². The average Bonchev–Trinajstić information content (AvgIpc) is 2.46. The Labute approximate surface area is 72.4 Å². The highest BCUT2D eigenvalue weighted by Crippen LogP contribution is 2.10. The number of carbonyl (C=O) groups is 1. The number of likely N-dealkylation sites (tertiary alicyclic amines) is 1. The maximum atomic E-state index is 11.1. The van der Waals surface area contributed by atoms with Crippen molar-refractivity contribution in [3.05, 3.63) is 0 Å². The Morgan fingerprint density at radius 2 is 2.33 bits per heavy atom. The molecule has 4 nitrogen and oxygen atoms in total. The highest BCUT2D eigenvalue weighted by Gasteiger charge is 2.18. The first kappa shape index (κ1) is 9.16. The molecule has 0 atom stereocenters. The molecule has 1 saturated heterocycles. The van der Waals surface area contributed by atoms with Gasteiger partial charge in [-0.3, -0.25) is 4.79 Å². The number of hydrogen-bond donors (Lipinski definition) is 1. The van der Waals surface area contributed by atoms with E-state index in [1.807, 2.05) is 4.90 Å². The lowest BCUT2D eigenvalue weighted by Crippen LogP contribution is -2.25. The minimum atomic E-state index is 0.290. The molecule has 12 heavy (non-hydrogen) atoms.